The molecule has 2 aliphatic heterocycles. The van der Waals surface area contributed by atoms with E-state index in [1.54, 1.807) is 24.1 Å². The summed E-state index contributed by atoms with van der Waals surface area (Å²) >= 11 is 0. The monoisotopic (exact) mass is 490 g/mol. The van der Waals surface area contributed by atoms with Gasteiger partial charge in [-0.2, -0.15) is 5.10 Å². The van der Waals surface area contributed by atoms with Crippen molar-refractivity contribution >= 4 is 29.2 Å². The Labute approximate surface area is 208 Å². The van der Waals surface area contributed by atoms with Crippen molar-refractivity contribution in [3.8, 4) is 0 Å². The van der Waals surface area contributed by atoms with Crippen LogP contribution in [0.25, 0.3) is 0 Å². The maximum atomic E-state index is 13.6. The van der Waals surface area contributed by atoms with Gasteiger partial charge in [-0.05, 0) is 43.4 Å². The number of nitrogens with one attached hydrogen (secondary N) is 1. The molecule has 1 fully saturated rings. The molecule has 186 valence electrons. The molecule has 3 heterocycles. The highest BCUT2D eigenvalue weighted by atomic mass is 19.3. The fraction of sp³-hybridized carbons (Fsp3) is 0.370. The van der Waals surface area contributed by atoms with E-state index in [-0.39, 0.29) is 23.6 Å². The van der Waals surface area contributed by atoms with Crippen LogP contribution in [0.1, 0.15) is 47.7 Å². The number of alkyl halides is 2. The summed E-state index contributed by atoms with van der Waals surface area (Å²) in [6.45, 7) is 1.38. The smallest absolute Gasteiger partial charge is 0.270 e. The summed E-state index contributed by atoms with van der Waals surface area (Å²) in [7, 11) is 1.77. The minimum Gasteiger partial charge on any atom is -0.340 e. The highest BCUT2D eigenvalue weighted by molar-refractivity contribution is 6.21. The van der Waals surface area contributed by atoms with Gasteiger partial charge in [0.2, 0.25) is 5.96 Å². The number of hydrogen-bond acceptors (Lipinski definition) is 5. The third-order valence-electron chi connectivity index (χ3n) is 7.36. The van der Waals surface area contributed by atoms with Crippen LogP contribution in [-0.2, 0) is 18.9 Å². The standard InChI is InChI=1S/C27H28F2N6O/c1-27(28,29)18-13-11-17(12-14-18)15-16-34-23(30-19-7-4-3-5-8-19)22-24(32-34)35-21-10-6-9-20(21)31-26(35)33(2)25(22)36/h3-5,7-8,11-14,20-21,30H,6,9-10,15-16H2,1-2H3/t20-,21+/m1/s1. The maximum absolute atomic E-state index is 13.6. The number of anilines is 3. The molecule has 36 heavy (non-hydrogen) atoms. The molecule has 0 saturated heterocycles. The van der Waals surface area contributed by atoms with Gasteiger partial charge in [-0.1, -0.05) is 42.5 Å². The quantitative estimate of drug-likeness (QED) is 0.518. The first-order valence-corrected chi connectivity index (χ1v) is 12.4. The number of para-hydroxylation sites is 1. The summed E-state index contributed by atoms with van der Waals surface area (Å²) in [6, 6.07) is 16.5. The number of benzene rings is 2. The second-order valence-corrected chi connectivity index (χ2v) is 9.83. The predicted octanol–water partition coefficient (Wildman–Crippen LogP) is 5.16. The summed E-state index contributed by atoms with van der Waals surface area (Å²) in [5, 5.41) is 8.36. The Morgan fingerprint density at radius 1 is 1.08 bits per heavy atom. The average Bonchev–Trinajstić information content (AvgIpc) is 3.55. The average molecular weight is 491 g/mol. The number of hydrogen-bond donors (Lipinski definition) is 1. The highest BCUT2D eigenvalue weighted by Gasteiger charge is 2.49. The largest absolute Gasteiger partial charge is 0.340 e. The van der Waals surface area contributed by atoms with Crippen molar-refractivity contribution in [3.05, 3.63) is 71.3 Å². The number of guanidine groups is 1. The lowest BCUT2D eigenvalue weighted by atomic mass is 10.1. The van der Waals surface area contributed by atoms with Crippen molar-refractivity contribution < 1.29 is 13.6 Å². The molecule has 1 N–H and O–H groups in total. The van der Waals surface area contributed by atoms with Gasteiger partial charge in [0.15, 0.2) is 5.82 Å². The minimum atomic E-state index is -2.87. The number of aromatic nitrogens is 2. The summed E-state index contributed by atoms with van der Waals surface area (Å²) in [6.07, 6.45) is 3.72. The third-order valence-corrected chi connectivity index (χ3v) is 7.36. The van der Waals surface area contributed by atoms with E-state index < -0.39 is 5.92 Å². The number of halogens is 2. The van der Waals surface area contributed by atoms with Gasteiger partial charge < -0.3 is 5.32 Å². The predicted molar refractivity (Wildman–Crippen MR) is 135 cm³/mol. The van der Waals surface area contributed by atoms with E-state index in [0.29, 0.717) is 36.1 Å². The molecule has 2 aromatic carbocycles. The van der Waals surface area contributed by atoms with Crippen LogP contribution in [0.3, 0.4) is 0 Å². The molecule has 1 aromatic heterocycles. The Morgan fingerprint density at radius 2 is 1.83 bits per heavy atom. The van der Waals surface area contributed by atoms with Crippen LogP contribution >= 0.6 is 0 Å². The summed E-state index contributed by atoms with van der Waals surface area (Å²) in [5.41, 5.74) is 2.30. The van der Waals surface area contributed by atoms with Crippen LogP contribution in [-0.4, -0.2) is 45.7 Å². The minimum absolute atomic E-state index is 0.00663. The van der Waals surface area contributed by atoms with Crippen LogP contribution in [0.4, 0.5) is 26.1 Å². The van der Waals surface area contributed by atoms with Gasteiger partial charge in [0.25, 0.3) is 11.8 Å². The van der Waals surface area contributed by atoms with E-state index in [1.165, 1.54) is 12.1 Å². The summed E-state index contributed by atoms with van der Waals surface area (Å²) < 4.78 is 29.1. The van der Waals surface area contributed by atoms with Gasteiger partial charge >= 0.3 is 0 Å². The van der Waals surface area contributed by atoms with Crippen LogP contribution in [0.2, 0.25) is 0 Å². The maximum Gasteiger partial charge on any atom is 0.270 e. The van der Waals surface area contributed by atoms with Gasteiger partial charge in [0, 0.05) is 31.8 Å². The van der Waals surface area contributed by atoms with Gasteiger partial charge in [-0.25, -0.2) is 18.5 Å². The molecule has 0 unspecified atom stereocenters. The molecule has 1 amide bonds. The van der Waals surface area contributed by atoms with Gasteiger partial charge in [-0.3, -0.25) is 14.6 Å². The molecule has 1 saturated carbocycles. The Balaban J connectivity index is 1.37. The SMILES string of the molecule is CN1C(=O)c2c(nn(CCc3ccc(C(C)(F)F)cc3)c2Nc2ccccc2)N2C1=N[C@@H]1CCC[C@@H]12. The number of fused-ring (bicyclic) bond motifs is 5. The van der Waals surface area contributed by atoms with E-state index in [4.69, 9.17) is 10.1 Å². The van der Waals surface area contributed by atoms with Crippen molar-refractivity contribution in [1.29, 1.82) is 0 Å². The lowest BCUT2D eigenvalue weighted by Gasteiger charge is -2.34. The number of carbonyl (C=O) groups is 1. The first-order valence-electron chi connectivity index (χ1n) is 12.4. The lowest BCUT2D eigenvalue weighted by Crippen LogP contribution is -2.51. The number of carbonyl (C=O) groups excluding carboxylic acids is 1. The fourth-order valence-electron chi connectivity index (χ4n) is 5.45. The van der Waals surface area contributed by atoms with Crippen LogP contribution in [0.15, 0.2) is 59.6 Å². The second-order valence-electron chi connectivity index (χ2n) is 9.83. The van der Waals surface area contributed by atoms with E-state index in [9.17, 15) is 13.6 Å². The molecule has 6 rings (SSSR count). The first kappa shape index (κ1) is 22.7. The van der Waals surface area contributed by atoms with Crippen molar-refractivity contribution in [1.82, 2.24) is 14.7 Å². The molecule has 0 spiro atoms. The van der Waals surface area contributed by atoms with Crippen molar-refractivity contribution in [2.45, 2.75) is 57.2 Å². The Kier molecular flexibility index (Phi) is 5.31. The normalized spacial score (nSPS) is 20.8. The molecule has 1 aliphatic carbocycles. The zero-order valence-electron chi connectivity index (χ0n) is 20.3. The van der Waals surface area contributed by atoms with Gasteiger partial charge in [0.05, 0.1) is 12.1 Å². The molecule has 9 heteroatoms. The number of amides is 1. The van der Waals surface area contributed by atoms with Crippen molar-refractivity contribution in [3.63, 3.8) is 0 Å². The number of nitrogens with zero attached hydrogens (tertiary/aromatic N) is 5. The zero-order valence-corrected chi connectivity index (χ0v) is 20.3. The molecular formula is C27H28F2N6O. The Bertz CT molecular complexity index is 1330. The van der Waals surface area contributed by atoms with E-state index in [1.807, 2.05) is 35.0 Å². The van der Waals surface area contributed by atoms with Crippen LogP contribution < -0.4 is 10.2 Å². The Hall–Kier alpha value is -3.75. The second kappa shape index (κ2) is 8.43. The first-order chi connectivity index (χ1) is 17.3. The van der Waals surface area contributed by atoms with E-state index in [2.05, 4.69) is 10.2 Å². The summed E-state index contributed by atoms with van der Waals surface area (Å²) in [4.78, 5) is 22.2. The number of aryl methyl sites for hydroxylation is 2. The molecule has 3 aliphatic rings. The van der Waals surface area contributed by atoms with E-state index in [0.717, 1.165) is 37.4 Å². The van der Waals surface area contributed by atoms with E-state index >= 15 is 0 Å². The van der Waals surface area contributed by atoms with Crippen LogP contribution in [0, 0.1) is 0 Å². The number of rotatable bonds is 6. The zero-order chi connectivity index (χ0) is 25.0. The van der Waals surface area contributed by atoms with Gasteiger partial charge in [0.1, 0.15) is 11.4 Å². The third kappa shape index (κ3) is 3.73. The molecular weight excluding hydrogens is 462 g/mol. The molecule has 7 nitrogen and oxygen atoms in total. The Morgan fingerprint density at radius 3 is 2.56 bits per heavy atom. The van der Waals surface area contributed by atoms with Crippen molar-refractivity contribution in [2.24, 2.45) is 4.99 Å². The fourth-order valence-corrected chi connectivity index (χ4v) is 5.45. The van der Waals surface area contributed by atoms with Crippen LogP contribution in [0.5, 0.6) is 0 Å². The molecule has 2 atom stereocenters. The summed E-state index contributed by atoms with van der Waals surface area (Å²) in [5.74, 6) is -1.06. The van der Waals surface area contributed by atoms with Gasteiger partial charge in [-0.15, -0.1) is 0 Å². The topological polar surface area (TPSA) is 65.8 Å². The van der Waals surface area contributed by atoms with Crippen molar-refractivity contribution in [2.75, 3.05) is 17.3 Å². The molecule has 3 aromatic rings. The molecule has 0 radical (unpaired) electrons. The lowest BCUT2D eigenvalue weighted by molar-refractivity contribution is 0.0174. The molecule has 0 bridgehead atoms. The highest BCUT2D eigenvalue weighted by Crippen LogP contribution is 2.42. The number of aliphatic imine (C=N–C) groups is 1.